The van der Waals surface area contributed by atoms with Gasteiger partial charge in [0.05, 0.1) is 11.7 Å². The van der Waals surface area contributed by atoms with Crippen LogP contribution in [-0.2, 0) is 27.5 Å². The first-order chi connectivity index (χ1) is 17.6. The predicted molar refractivity (Wildman–Crippen MR) is 149 cm³/mol. The molecule has 3 N–H and O–H groups in total. The number of rotatable bonds is 6. The summed E-state index contributed by atoms with van der Waals surface area (Å²) in [5.41, 5.74) is 0.905. The largest absolute Gasteiger partial charge is 0.346 e. The summed E-state index contributed by atoms with van der Waals surface area (Å²) in [7, 11) is 3.75. The summed E-state index contributed by atoms with van der Waals surface area (Å²) < 4.78 is 0.742. The van der Waals surface area contributed by atoms with Crippen LogP contribution in [0.5, 0.6) is 0 Å². The molecule has 4 rings (SSSR count). The summed E-state index contributed by atoms with van der Waals surface area (Å²) in [5.74, 6) is -2.08. The molecule has 0 unspecified atom stereocenters. The summed E-state index contributed by atoms with van der Waals surface area (Å²) in [6, 6.07) is 2.21. The van der Waals surface area contributed by atoms with Gasteiger partial charge >= 0.3 is 11.8 Å². The molecule has 2 aromatic heterocycles. The van der Waals surface area contributed by atoms with E-state index >= 15 is 0 Å². The smallest absolute Gasteiger partial charge is 0.314 e. The van der Waals surface area contributed by atoms with Crippen LogP contribution in [0.2, 0.25) is 0 Å². The lowest BCUT2D eigenvalue weighted by Crippen LogP contribution is -2.57. The van der Waals surface area contributed by atoms with E-state index in [0.717, 1.165) is 21.6 Å². The lowest BCUT2D eigenvalue weighted by atomic mass is 9.81. The number of anilines is 1. The van der Waals surface area contributed by atoms with Crippen molar-refractivity contribution in [1.82, 2.24) is 30.4 Å². The number of aromatic nitrogens is 2. The predicted octanol–water partition coefficient (Wildman–Crippen LogP) is 2.17. The fraction of sp³-hybridized carbons (Fsp3) is 0.500. The molecule has 2 aliphatic rings. The second-order valence-electron chi connectivity index (χ2n) is 9.40. The van der Waals surface area contributed by atoms with Gasteiger partial charge in [-0.05, 0) is 61.3 Å². The molecule has 38 heavy (non-hydrogen) atoms. The van der Waals surface area contributed by atoms with E-state index in [9.17, 15) is 19.2 Å². The number of hydrogen-bond acceptors (Lipinski definition) is 8. The van der Waals surface area contributed by atoms with Gasteiger partial charge in [-0.25, -0.2) is 9.97 Å². The molecule has 14 heteroatoms. The van der Waals surface area contributed by atoms with E-state index in [0.29, 0.717) is 37.4 Å². The number of halogens is 2. The first-order valence-electron chi connectivity index (χ1n) is 12.1. The van der Waals surface area contributed by atoms with Gasteiger partial charge in [-0.15, -0.1) is 23.7 Å². The van der Waals surface area contributed by atoms with Crippen LogP contribution in [0.15, 0.2) is 22.8 Å². The van der Waals surface area contributed by atoms with Gasteiger partial charge in [-0.3, -0.25) is 24.1 Å². The Hall–Kier alpha value is -2.61. The molecule has 3 heterocycles. The Labute approximate surface area is 239 Å². The normalized spacial score (nSPS) is 20.6. The van der Waals surface area contributed by atoms with E-state index in [1.165, 1.54) is 17.5 Å². The highest BCUT2D eigenvalue weighted by atomic mass is 79.9. The third-order valence-corrected chi connectivity index (χ3v) is 8.21. The maximum absolute atomic E-state index is 13.1. The van der Waals surface area contributed by atoms with Crippen molar-refractivity contribution in [3.05, 3.63) is 38.4 Å². The molecule has 0 spiro atoms. The molecule has 1 saturated carbocycles. The molecule has 4 amide bonds. The van der Waals surface area contributed by atoms with Crippen LogP contribution >= 0.6 is 39.7 Å². The summed E-state index contributed by atoms with van der Waals surface area (Å²) in [5, 5.41) is 8.58. The molecule has 0 radical (unpaired) electrons. The van der Waals surface area contributed by atoms with Crippen molar-refractivity contribution in [2.75, 3.05) is 26.0 Å². The van der Waals surface area contributed by atoms with E-state index in [1.54, 1.807) is 24.1 Å². The SMILES string of the molecule is CCN(C)C(=O)[C@H]1CC[C@H](NC(=O)C(=O)Nc2ccc(Br)cn2)[C@H](NC(=O)c2nc3c(s2)CN(C)C3)C1.Cl. The fourth-order valence-electron chi connectivity index (χ4n) is 4.57. The van der Waals surface area contributed by atoms with Gasteiger partial charge in [0.15, 0.2) is 5.01 Å². The highest BCUT2D eigenvalue weighted by Crippen LogP contribution is 2.29. The third-order valence-electron chi connectivity index (χ3n) is 6.66. The minimum Gasteiger partial charge on any atom is -0.346 e. The monoisotopic (exact) mass is 627 g/mol. The number of carbonyl (C=O) groups excluding carboxylic acids is 4. The number of carbonyl (C=O) groups is 4. The molecule has 3 atom stereocenters. The number of amides is 4. The molecule has 11 nitrogen and oxygen atoms in total. The van der Waals surface area contributed by atoms with Crippen LogP contribution in [0.3, 0.4) is 0 Å². The third kappa shape index (κ3) is 7.07. The van der Waals surface area contributed by atoms with E-state index < -0.39 is 23.9 Å². The number of pyridine rings is 1. The van der Waals surface area contributed by atoms with Crippen LogP contribution in [-0.4, -0.2) is 76.1 Å². The number of nitrogens with one attached hydrogen (secondary N) is 3. The van der Waals surface area contributed by atoms with E-state index in [-0.39, 0.29) is 36.0 Å². The molecular formula is C24H31BrClN7O4S. The number of fused-ring (bicyclic) bond motifs is 1. The van der Waals surface area contributed by atoms with Gasteiger partial charge in [-0.1, -0.05) is 0 Å². The number of nitrogens with zero attached hydrogens (tertiary/aromatic N) is 4. The quantitative estimate of drug-likeness (QED) is 0.417. The van der Waals surface area contributed by atoms with Crippen molar-refractivity contribution < 1.29 is 19.2 Å². The molecule has 2 aromatic rings. The zero-order chi connectivity index (χ0) is 26.7. The van der Waals surface area contributed by atoms with Crippen molar-refractivity contribution in [3.63, 3.8) is 0 Å². The average Bonchev–Trinajstić information content (AvgIpc) is 3.43. The lowest BCUT2D eigenvalue weighted by molar-refractivity contribution is -0.137. The minimum atomic E-state index is -0.857. The molecule has 0 saturated heterocycles. The van der Waals surface area contributed by atoms with Crippen LogP contribution in [0.4, 0.5) is 5.82 Å². The average molecular weight is 629 g/mol. The Morgan fingerprint density at radius 2 is 1.89 bits per heavy atom. The fourth-order valence-corrected chi connectivity index (χ4v) is 5.85. The van der Waals surface area contributed by atoms with Gasteiger partial charge in [0, 0.05) is 54.2 Å². The van der Waals surface area contributed by atoms with Crippen LogP contribution < -0.4 is 16.0 Å². The maximum Gasteiger partial charge on any atom is 0.314 e. The van der Waals surface area contributed by atoms with E-state index in [4.69, 9.17) is 0 Å². The second kappa shape index (κ2) is 13.0. The number of thiazole rings is 1. The highest BCUT2D eigenvalue weighted by molar-refractivity contribution is 9.10. The van der Waals surface area contributed by atoms with Crippen molar-refractivity contribution in [2.24, 2.45) is 5.92 Å². The molecular weight excluding hydrogens is 598 g/mol. The Balaban J connectivity index is 0.00000400. The number of hydrogen-bond donors (Lipinski definition) is 3. The van der Waals surface area contributed by atoms with E-state index in [2.05, 4.69) is 46.7 Å². The molecule has 206 valence electrons. The highest BCUT2D eigenvalue weighted by Gasteiger charge is 2.38. The minimum absolute atomic E-state index is 0. The van der Waals surface area contributed by atoms with Gasteiger partial charge in [-0.2, -0.15) is 0 Å². The first kappa shape index (κ1) is 29.9. The van der Waals surface area contributed by atoms with Crippen molar-refractivity contribution in [2.45, 2.75) is 51.4 Å². The topological polar surface area (TPSA) is 137 Å². The maximum atomic E-state index is 13.1. The van der Waals surface area contributed by atoms with Gasteiger partial charge in [0.1, 0.15) is 5.82 Å². The Morgan fingerprint density at radius 1 is 1.13 bits per heavy atom. The van der Waals surface area contributed by atoms with Gasteiger partial charge in [0.2, 0.25) is 5.91 Å². The molecule has 0 aromatic carbocycles. The zero-order valence-electron chi connectivity index (χ0n) is 21.3. The lowest BCUT2D eigenvalue weighted by Gasteiger charge is -2.37. The molecule has 1 fully saturated rings. The summed E-state index contributed by atoms with van der Waals surface area (Å²) in [6.45, 7) is 3.94. The van der Waals surface area contributed by atoms with Crippen LogP contribution in [0.25, 0.3) is 0 Å². The van der Waals surface area contributed by atoms with Gasteiger partial charge < -0.3 is 20.9 Å². The second-order valence-corrected chi connectivity index (χ2v) is 11.4. The summed E-state index contributed by atoms with van der Waals surface area (Å²) in [6.07, 6.45) is 2.84. The molecule has 0 bridgehead atoms. The van der Waals surface area contributed by atoms with Crippen molar-refractivity contribution >= 4 is 69.1 Å². The summed E-state index contributed by atoms with van der Waals surface area (Å²) >= 11 is 4.63. The Morgan fingerprint density at radius 3 is 2.55 bits per heavy atom. The van der Waals surface area contributed by atoms with E-state index in [1.807, 2.05) is 14.0 Å². The Kier molecular flexibility index (Phi) is 10.2. The standard InChI is InChI=1S/C24H30BrN7O4S.ClH/c1-4-32(3)24(36)13-5-7-15(27-20(33)21(34)30-19-8-6-14(25)10-26-19)16(9-13)28-22(35)23-29-17-11-31(2)12-18(17)37-23;/h6,8,10,13,15-16H,4-5,7,9,11-12H2,1-3H3,(H,27,33)(H,28,35)(H,26,30,34);1H/t13-,15-,16+;/m0./s1. The molecule has 1 aliphatic carbocycles. The first-order valence-corrected chi connectivity index (χ1v) is 13.7. The van der Waals surface area contributed by atoms with Crippen molar-refractivity contribution in [3.8, 4) is 0 Å². The van der Waals surface area contributed by atoms with Gasteiger partial charge in [0.25, 0.3) is 5.91 Å². The zero-order valence-corrected chi connectivity index (χ0v) is 24.5. The molecule has 1 aliphatic heterocycles. The van der Waals surface area contributed by atoms with Crippen LogP contribution in [0, 0.1) is 5.92 Å². The van der Waals surface area contributed by atoms with Crippen LogP contribution in [0.1, 0.15) is 46.6 Å². The Bertz CT molecular complexity index is 1170. The summed E-state index contributed by atoms with van der Waals surface area (Å²) in [4.78, 5) is 64.6. The van der Waals surface area contributed by atoms with Crippen molar-refractivity contribution in [1.29, 1.82) is 0 Å².